The molecule has 0 spiro atoms. The maximum absolute atomic E-state index is 12.1. The van der Waals surface area contributed by atoms with E-state index in [0.29, 0.717) is 17.3 Å². The Morgan fingerprint density at radius 2 is 1.92 bits per heavy atom. The van der Waals surface area contributed by atoms with E-state index in [1.165, 1.54) is 0 Å². The normalized spacial score (nSPS) is 10.5. The number of carbonyl (C=O) groups excluding carboxylic acids is 2. The Labute approximate surface area is 144 Å². The predicted octanol–water partition coefficient (Wildman–Crippen LogP) is 3.77. The van der Waals surface area contributed by atoms with Crippen molar-refractivity contribution < 1.29 is 14.3 Å². The number of urea groups is 1. The Morgan fingerprint density at radius 3 is 2.50 bits per heavy atom. The molecule has 24 heavy (non-hydrogen) atoms. The highest BCUT2D eigenvalue weighted by Crippen LogP contribution is 2.18. The monoisotopic (exact) mass is 350 g/mol. The minimum Gasteiger partial charge on any atom is -0.458 e. The molecule has 2 rings (SSSR count). The molecular formula is C16H19ClN4O3. The topological polar surface area (TPSA) is 85.2 Å². The molecule has 128 valence electrons. The van der Waals surface area contributed by atoms with Gasteiger partial charge in [0.2, 0.25) is 0 Å². The number of amides is 2. The third-order valence-corrected chi connectivity index (χ3v) is 3.22. The molecule has 0 aliphatic heterocycles. The van der Waals surface area contributed by atoms with Gasteiger partial charge in [0, 0.05) is 23.5 Å². The van der Waals surface area contributed by atoms with Gasteiger partial charge in [-0.3, -0.25) is 4.68 Å². The van der Waals surface area contributed by atoms with Gasteiger partial charge in [0.15, 0.2) is 5.69 Å². The molecular weight excluding hydrogens is 332 g/mol. The Kier molecular flexibility index (Phi) is 5.81. The average molecular weight is 351 g/mol. The van der Waals surface area contributed by atoms with E-state index in [9.17, 15) is 9.59 Å². The molecule has 0 aliphatic rings. The lowest BCUT2D eigenvalue weighted by Crippen LogP contribution is -2.21. The summed E-state index contributed by atoms with van der Waals surface area (Å²) in [6.45, 7) is 5.93. The van der Waals surface area contributed by atoms with Crippen LogP contribution in [0.1, 0.15) is 31.3 Å². The summed E-state index contributed by atoms with van der Waals surface area (Å²) in [6, 6.07) is 6.18. The number of halogens is 1. The molecule has 2 aromatic rings. The van der Waals surface area contributed by atoms with Crippen LogP contribution >= 0.6 is 11.6 Å². The van der Waals surface area contributed by atoms with Crippen molar-refractivity contribution in [1.29, 1.82) is 0 Å². The van der Waals surface area contributed by atoms with Crippen LogP contribution < -0.4 is 10.6 Å². The molecule has 0 saturated carbocycles. The summed E-state index contributed by atoms with van der Waals surface area (Å²) < 4.78 is 6.70. The van der Waals surface area contributed by atoms with Gasteiger partial charge in [-0.15, -0.1) is 0 Å². The lowest BCUT2D eigenvalue weighted by Gasteiger charge is -2.09. The summed E-state index contributed by atoms with van der Waals surface area (Å²) in [5, 5.41) is 9.98. The predicted molar refractivity (Wildman–Crippen MR) is 92.5 cm³/mol. The molecule has 0 atom stereocenters. The van der Waals surface area contributed by atoms with Gasteiger partial charge in [-0.2, -0.15) is 5.10 Å². The van der Waals surface area contributed by atoms with E-state index >= 15 is 0 Å². The van der Waals surface area contributed by atoms with Gasteiger partial charge >= 0.3 is 12.0 Å². The highest BCUT2D eigenvalue weighted by molar-refractivity contribution is 6.30. The van der Waals surface area contributed by atoms with E-state index < -0.39 is 12.0 Å². The van der Waals surface area contributed by atoms with Crippen LogP contribution in [0.5, 0.6) is 0 Å². The van der Waals surface area contributed by atoms with Crippen molar-refractivity contribution in [2.45, 2.75) is 33.4 Å². The van der Waals surface area contributed by atoms with Crippen LogP contribution in [0, 0.1) is 0 Å². The fraction of sp³-hybridized carbons (Fsp3) is 0.312. The van der Waals surface area contributed by atoms with Crippen LogP contribution in [0.2, 0.25) is 5.02 Å². The molecule has 8 heteroatoms. The third-order valence-electron chi connectivity index (χ3n) is 2.97. The van der Waals surface area contributed by atoms with Gasteiger partial charge in [-0.1, -0.05) is 11.6 Å². The number of hydrogen-bond donors (Lipinski definition) is 2. The standard InChI is InChI=1S/C16H19ClN4O3/c1-4-21-9-13(14(20-21)15(22)24-10(2)3)19-16(23)18-12-7-5-11(17)6-8-12/h5-10H,4H2,1-3H3,(H2,18,19,23). The zero-order valence-electron chi connectivity index (χ0n) is 13.7. The number of aromatic nitrogens is 2. The fourth-order valence-corrected chi connectivity index (χ4v) is 2.04. The van der Waals surface area contributed by atoms with Crippen LogP contribution in [0.15, 0.2) is 30.5 Å². The SMILES string of the molecule is CCn1cc(NC(=O)Nc2ccc(Cl)cc2)c(C(=O)OC(C)C)n1. The minimum absolute atomic E-state index is 0.0665. The lowest BCUT2D eigenvalue weighted by molar-refractivity contribution is 0.0371. The van der Waals surface area contributed by atoms with Crippen molar-refractivity contribution in [2.24, 2.45) is 0 Å². The molecule has 1 aromatic carbocycles. The molecule has 7 nitrogen and oxygen atoms in total. The van der Waals surface area contributed by atoms with Crippen LogP contribution in [-0.4, -0.2) is 27.9 Å². The molecule has 1 heterocycles. The van der Waals surface area contributed by atoms with Crippen molar-refractivity contribution in [2.75, 3.05) is 10.6 Å². The van der Waals surface area contributed by atoms with E-state index in [-0.39, 0.29) is 17.5 Å². The van der Waals surface area contributed by atoms with Gasteiger partial charge in [-0.05, 0) is 45.0 Å². The van der Waals surface area contributed by atoms with Crippen LogP contribution in [0.3, 0.4) is 0 Å². The van der Waals surface area contributed by atoms with Gasteiger partial charge in [0.25, 0.3) is 0 Å². The van der Waals surface area contributed by atoms with Crippen molar-refractivity contribution in [3.63, 3.8) is 0 Å². The first-order valence-electron chi connectivity index (χ1n) is 7.51. The number of nitrogens with zero attached hydrogens (tertiary/aromatic N) is 2. The number of hydrogen-bond acceptors (Lipinski definition) is 4. The fourth-order valence-electron chi connectivity index (χ4n) is 1.91. The zero-order chi connectivity index (χ0) is 17.7. The van der Waals surface area contributed by atoms with Gasteiger partial charge in [0.1, 0.15) is 0 Å². The second kappa shape index (κ2) is 7.83. The van der Waals surface area contributed by atoms with Crippen molar-refractivity contribution in [1.82, 2.24) is 9.78 Å². The second-order valence-electron chi connectivity index (χ2n) is 5.29. The summed E-state index contributed by atoms with van der Waals surface area (Å²) in [5.74, 6) is -0.584. The van der Waals surface area contributed by atoms with Crippen LogP contribution in [0.4, 0.5) is 16.2 Å². The van der Waals surface area contributed by atoms with Gasteiger partial charge in [0.05, 0.1) is 11.8 Å². The number of anilines is 2. The first kappa shape index (κ1) is 17.8. The molecule has 2 amide bonds. The third kappa shape index (κ3) is 4.73. The first-order valence-corrected chi connectivity index (χ1v) is 7.88. The van der Waals surface area contributed by atoms with Crippen LogP contribution in [0.25, 0.3) is 0 Å². The highest BCUT2D eigenvalue weighted by atomic mass is 35.5. The number of esters is 1. The molecule has 0 saturated heterocycles. The summed E-state index contributed by atoms with van der Waals surface area (Å²) in [6.07, 6.45) is 1.30. The number of rotatable bonds is 5. The molecule has 0 aliphatic carbocycles. The van der Waals surface area contributed by atoms with E-state index in [0.717, 1.165) is 0 Å². The van der Waals surface area contributed by atoms with Crippen molar-refractivity contribution in [3.05, 3.63) is 41.2 Å². The molecule has 0 unspecified atom stereocenters. The van der Waals surface area contributed by atoms with E-state index in [2.05, 4.69) is 15.7 Å². The number of ether oxygens (including phenoxy) is 1. The van der Waals surface area contributed by atoms with Crippen molar-refractivity contribution in [3.8, 4) is 0 Å². The lowest BCUT2D eigenvalue weighted by atomic mass is 10.3. The summed E-state index contributed by atoms with van der Waals surface area (Å²) >= 11 is 5.80. The summed E-state index contributed by atoms with van der Waals surface area (Å²) in [5.41, 5.74) is 0.928. The Hall–Kier alpha value is -2.54. The molecule has 2 N–H and O–H groups in total. The number of carbonyl (C=O) groups is 2. The van der Waals surface area contributed by atoms with Gasteiger partial charge < -0.3 is 15.4 Å². The molecule has 0 bridgehead atoms. The second-order valence-corrected chi connectivity index (χ2v) is 5.72. The Balaban J connectivity index is 2.12. The quantitative estimate of drug-likeness (QED) is 0.804. The van der Waals surface area contributed by atoms with E-state index in [4.69, 9.17) is 16.3 Å². The zero-order valence-corrected chi connectivity index (χ0v) is 14.4. The van der Waals surface area contributed by atoms with E-state index in [1.54, 1.807) is 49.0 Å². The van der Waals surface area contributed by atoms with Gasteiger partial charge in [-0.25, -0.2) is 9.59 Å². The molecule has 0 radical (unpaired) electrons. The Bertz CT molecular complexity index is 725. The van der Waals surface area contributed by atoms with E-state index in [1.807, 2.05) is 6.92 Å². The molecule has 0 fully saturated rings. The first-order chi connectivity index (χ1) is 11.4. The van der Waals surface area contributed by atoms with Crippen molar-refractivity contribution >= 4 is 35.0 Å². The average Bonchev–Trinajstić information content (AvgIpc) is 2.92. The Morgan fingerprint density at radius 1 is 1.25 bits per heavy atom. The number of aryl methyl sites for hydroxylation is 1. The smallest absolute Gasteiger partial charge is 0.361 e. The maximum atomic E-state index is 12.1. The maximum Gasteiger partial charge on any atom is 0.361 e. The number of nitrogens with one attached hydrogen (secondary N) is 2. The summed E-state index contributed by atoms with van der Waals surface area (Å²) in [4.78, 5) is 24.2. The minimum atomic E-state index is -0.584. The largest absolute Gasteiger partial charge is 0.458 e. The number of benzene rings is 1. The van der Waals surface area contributed by atoms with Crippen LogP contribution in [-0.2, 0) is 11.3 Å². The molecule has 1 aromatic heterocycles. The summed E-state index contributed by atoms with van der Waals surface area (Å²) in [7, 11) is 0. The highest BCUT2D eigenvalue weighted by Gasteiger charge is 2.20.